The van der Waals surface area contributed by atoms with E-state index < -0.39 is 0 Å². The van der Waals surface area contributed by atoms with E-state index in [-0.39, 0.29) is 0 Å². The zero-order chi connectivity index (χ0) is 14.8. The Hall–Kier alpha value is -3.06. The van der Waals surface area contributed by atoms with Crippen molar-refractivity contribution in [2.24, 2.45) is 0 Å². The summed E-state index contributed by atoms with van der Waals surface area (Å²) in [5.74, 6) is 0.542. The number of nitrogens with two attached hydrogens (primary N) is 1. The Labute approximate surface area is 123 Å². The number of aryl methyl sites for hydroxylation is 1. The van der Waals surface area contributed by atoms with Crippen molar-refractivity contribution in [2.75, 3.05) is 5.73 Å². The monoisotopic (exact) mass is 274 g/mol. The molecule has 0 fully saturated rings. The third-order valence-corrected chi connectivity index (χ3v) is 3.30. The Kier molecular flexibility index (Phi) is 3.17. The molecular weight excluding hydrogens is 260 g/mol. The number of benzene rings is 2. The first kappa shape index (κ1) is 12.9. The summed E-state index contributed by atoms with van der Waals surface area (Å²) in [5.41, 5.74) is 10.4. The van der Waals surface area contributed by atoms with Crippen LogP contribution in [-0.2, 0) is 0 Å². The predicted octanol–water partition coefficient (Wildman–Crippen LogP) is 3.30. The van der Waals surface area contributed by atoms with Crippen molar-refractivity contribution in [3.63, 3.8) is 0 Å². The zero-order valence-electron chi connectivity index (χ0n) is 11.6. The Morgan fingerprint density at radius 2 is 1.86 bits per heavy atom. The van der Waals surface area contributed by atoms with Gasteiger partial charge in [0.05, 0.1) is 23.0 Å². The fraction of sp³-hybridized carbons (Fsp3) is 0.0588. The lowest BCUT2D eigenvalue weighted by molar-refractivity contribution is 0.894. The van der Waals surface area contributed by atoms with Gasteiger partial charge < -0.3 is 5.73 Å². The molecule has 1 aromatic heterocycles. The minimum Gasteiger partial charge on any atom is -0.384 e. The second-order valence-corrected chi connectivity index (χ2v) is 4.89. The molecule has 4 nitrogen and oxygen atoms in total. The number of nitriles is 1. The van der Waals surface area contributed by atoms with Crippen LogP contribution in [0.5, 0.6) is 0 Å². The fourth-order valence-corrected chi connectivity index (χ4v) is 2.17. The number of hydrogen-bond donors (Lipinski definition) is 1. The molecule has 0 aliphatic heterocycles. The zero-order valence-corrected chi connectivity index (χ0v) is 11.6. The molecule has 1 heterocycles. The highest BCUT2D eigenvalue weighted by atomic mass is 15.3. The number of anilines is 1. The van der Waals surface area contributed by atoms with Crippen LogP contribution in [0.15, 0.2) is 54.6 Å². The normalized spacial score (nSPS) is 10.3. The highest BCUT2D eigenvalue weighted by Crippen LogP contribution is 2.23. The van der Waals surface area contributed by atoms with E-state index in [1.165, 1.54) is 5.56 Å². The van der Waals surface area contributed by atoms with E-state index in [9.17, 15) is 0 Å². The molecular formula is C17H14N4. The topological polar surface area (TPSA) is 67.6 Å². The summed E-state index contributed by atoms with van der Waals surface area (Å²) in [5, 5.41) is 13.5. The molecule has 2 N–H and O–H groups in total. The summed E-state index contributed by atoms with van der Waals surface area (Å²) in [6.07, 6.45) is 0. The molecule has 0 saturated carbocycles. The van der Waals surface area contributed by atoms with Crippen LogP contribution in [0.1, 0.15) is 11.1 Å². The van der Waals surface area contributed by atoms with Gasteiger partial charge in [-0.15, -0.1) is 0 Å². The van der Waals surface area contributed by atoms with Crippen molar-refractivity contribution in [3.8, 4) is 23.0 Å². The molecule has 3 rings (SSSR count). The van der Waals surface area contributed by atoms with Crippen LogP contribution in [0.2, 0.25) is 0 Å². The van der Waals surface area contributed by atoms with Gasteiger partial charge in [-0.2, -0.15) is 10.4 Å². The van der Waals surface area contributed by atoms with Gasteiger partial charge >= 0.3 is 0 Å². The highest BCUT2D eigenvalue weighted by molar-refractivity contribution is 5.64. The molecule has 0 amide bonds. The minimum absolute atomic E-state index is 0.542. The summed E-state index contributed by atoms with van der Waals surface area (Å²) >= 11 is 0. The van der Waals surface area contributed by atoms with Crippen molar-refractivity contribution in [2.45, 2.75) is 6.92 Å². The maximum Gasteiger partial charge on any atom is 0.127 e. The molecule has 21 heavy (non-hydrogen) atoms. The van der Waals surface area contributed by atoms with E-state index >= 15 is 0 Å². The first-order chi connectivity index (χ1) is 10.2. The van der Waals surface area contributed by atoms with Gasteiger partial charge in [-0.1, -0.05) is 35.9 Å². The van der Waals surface area contributed by atoms with E-state index in [0.717, 1.165) is 16.9 Å². The first-order valence-corrected chi connectivity index (χ1v) is 6.60. The van der Waals surface area contributed by atoms with Crippen molar-refractivity contribution in [1.82, 2.24) is 9.78 Å². The van der Waals surface area contributed by atoms with Crippen LogP contribution >= 0.6 is 0 Å². The Bertz CT molecular complexity index is 823. The average Bonchev–Trinajstić information content (AvgIpc) is 2.90. The van der Waals surface area contributed by atoms with E-state index in [2.05, 4.69) is 11.2 Å². The molecule has 3 aromatic rings. The number of nitrogens with zero attached hydrogens (tertiary/aromatic N) is 3. The van der Waals surface area contributed by atoms with Crippen molar-refractivity contribution in [3.05, 3.63) is 65.7 Å². The third-order valence-electron chi connectivity index (χ3n) is 3.30. The number of nitrogen functional groups attached to an aromatic ring is 1. The van der Waals surface area contributed by atoms with Gasteiger partial charge in [0.25, 0.3) is 0 Å². The van der Waals surface area contributed by atoms with Crippen LogP contribution in [0, 0.1) is 18.3 Å². The summed E-state index contributed by atoms with van der Waals surface area (Å²) < 4.78 is 1.65. The second-order valence-electron chi connectivity index (χ2n) is 4.89. The van der Waals surface area contributed by atoms with Gasteiger partial charge in [-0.25, -0.2) is 4.68 Å². The summed E-state index contributed by atoms with van der Waals surface area (Å²) in [6.45, 7) is 2.05. The van der Waals surface area contributed by atoms with E-state index in [1.807, 2.05) is 49.4 Å². The number of hydrogen-bond acceptors (Lipinski definition) is 3. The van der Waals surface area contributed by atoms with Crippen LogP contribution in [0.25, 0.3) is 16.9 Å². The van der Waals surface area contributed by atoms with Crippen LogP contribution in [-0.4, -0.2) is 9.78 Å². The molecule has 102 valence electrons. The fourth-order valence-electron chi connectivity index (χ4n) is 2.17. The lowest BCUT2D eigenvalue weighted by Crippen LogP contribution is -2.01. The number of rotatable bonds is 2. The first-order valence-electron chi connectivity index (χ1n) is 6.60. The summed E-state index contributed by atoms with van der Waals surface area (Å²) in [7, 11) is 0. The Balaban J connectivity index is 2.05. The quantitative estimate of drug-likeness (QED) is 0.779. The van der Waals surface area contributed by atoms with Crippen molar-refractivity contribution < 1.29 is 0 Å². The van der Waals surface area contributed by atoms with Crippen LogP contribution in [0.3, 0.4) is 0 Å². The smallest absolute Gasteiger partial charge is 0.127 e. The van der Waals surface area contributed by atoms with E-state index in [4.69, 9.17) is 11.0 Å². The van der Waals surface area contributed by atoms with Crippen LogP contribution < -0.4 is 5.73 Å². The lowest BCUT2D eigenvalue weighted by Gasteiger charge is -2.03. The predicted molar refractivity (Wildman–Crippen MR) is 82.9 cm³/mol. The molecule has 0 atom stereocenters. The maximum absolute atomic E-state index is 8.98. The molecule has 0 unspecified atom stereocenters. The van der Waals surface area contributed by atoms with Crippen molar-refractivity contribution in [1.29, 1.82) is 5.26 Å². The van der Waals surface area contributed by atoms with Crippen molar-refractivity contribution >= 4 is 5.82 Å². The van der Waals surface area contributed by atoms with Gasteiger partial charge in [0.2, 0.25) is 0 Å². The minimum atomic E-state index is 0.542. The van der Waals surface area contributed by atoms with Gasteiger partial charge in [-0.05, 0) is 25.1 Å². The van der Waals surface area contributed by atoms with Gasteiger partial charge in [0.15, 0.2) is 0 Å². The molecule has 0 bridgehead atoms. The molecule has 4 heteroatoms. The average molecular weight is 274 g/mol. The Morgan fingerprint density at radius 1 is 1.10 bits per heavy atom. The molecule has 0 aliphatic rings. The summed E-state index contributed by atoms with van der Waals surface area (Å²) in [4.78, 5) is 0. The van der Waals surface area contributed by atoms with Gasteiger partial charge in [-0.3, -0.25) is 0 Å². The summed E-state index contributed by atoms with van der Waals surface area (Å²) in [6, 6.07) is 19.3. The highest BCUT2D eigenvalue weighted by Gasteiger charge is 2.09. The SMILES string of the molecule is Cc1ccc(-c2cc(N)n(-c3cccc(C#N)c3)n2)cc1. The van der Waals surface area contributed by atoms with E-state index in [0.29, 0.717) is 11.4 Å². The molecule has 2 aromatic carbocycles. The third kappa shape index (κ3) is 2.49. The second kappa shape index (κ2) is 5.14. The molecule has 0 saturated heterocycles. The standard InChI is InChI=1S/C17H14N4/c1-12-5-7-14(8-6-12)16-10-17(19)21(20-16)15-4-2-3-13(9-15)11-18/h2-10H,19H2,1H3. The maximum atomic E-state index is 8.98. The largest absolute Gasteiger partial charge is 0.384 e. The lowest BCUT2D eigenvalue weighted by atomic mass is 10.1. The Morgan fingerprint density at radius 3 is 2.57 bits per heavy atom. The molecule has 0 radical (unpaired) electrons. The van der Waals surface area contributed by atoms with E-state index in [1.54, 1.807) is 16.8 Å². The molecule has 0 aliphatic carbocycles. The van der Waals surface area contributed by atoms with Gasteiger partial charge in [0.1, 0.15) is 5.82 Å². The molecule has 0 spiro atoms. The van der Waals surface area contributed by atoms with Crippen LogP contribution in [0.4, 0.5) is 5.82 Å². The van der Waals surface area contributed by atoms with Gasteiger partial charge in [0, 0.05) is 11.6 Å². The number of aromatic nitrogens is 2.